The zero-order valence-corrected chi connectivity index (χ0v) is 16.9. The summed E-state index contributed by atoms with van der Waals surface area (Å²) in [6.07, 6.45) is 0. The van der Waals surface area contributed by atoms with Gasteiger partial charge in [0.15, 0.2) is 0 Å². The Balaban J connectivity index is 1.69. The number of rotatable bonds is 7. The lowest BCUT2D eigenvalue weighted by atomic mass is 10.1. The molecule has 3 rings (SSSR count). The zero-order valence-electron chi connectivity index (χ0n) is 14.6. The van der Waals surface area contributed by atoms with Gasteiger partial charge in [0.1, 0.15) is 12.4 Å². The van der Waals surface area contributed by atoms with Crippen LogP contribution in [0.1, 0.15) is 29.7 Å². The van der Waals surface area contributed by atoms with Gasteiger partial charge in [-0.2, -0.15) is 0 Å². The zero-order chi connectivity index (χ0) is 18.4. The van der Waals surface area contributed by atoms with Crippen molar-refractivity contribution in [3.8, 4) is 5.75 Å². The van der Waals surface area contributed by atoms with Crippen molar-refractivity contribution in [3.63, 3.8) is 0 Å². The van der Waals surface area contributed by atoms with Crippen molar-refractivity contribution >= 4 is 27.5 Å². The maximum Gasteiger partial charge on any atom is 0.124 e. The Bertz CT molecular complexity index is 854. The minimum Gasteiger partial charge on any atom is -0.489 e. The average Bonchev–Trinajstić information content (AvgIpc) is 2.67. The first-order valence-corrected chi connectivity index (χ1v) is 9.73. The summed E-state index contributed by atoms with van der Waals surface area (Å²) in [5.41, 5.74) is 3.35. The highest BCUT2D eigenvalue weighted by Crippen LogP contribution is 2.26. The van der Waals surface area contributed by atoms with Crippen LogP contribution in [0.5, 0.6) is 5.75 Å². The fourth-order valence-corrected chi connectivity index (χ4v) is 3.32. The van der Waals surface area contributed by atoms with Gasteiger partial charge < -0.3 is 10.1 Å². The Morgan fingerprint density at radius 1 is 0.962 bits per heavy atom. The molecule has 0 spiro atoms. The summed E-state index contributed by atoms with van der Waals surface area (Å²) < 4.78 is 7.09. The third-order valence-electron chi connectivity index (χ3n) is 4.26. The molecular weight excluding hydrogens is 410 g/mol. The van der Waals surface area contributed by atoms with Gasteiger partial charge in [0, 0.05) is 33.2 Å². The highest BCUT2D eigenvalue weighted by atomic mass is 79.9. The summed E-state index contributed by atoms with van der Waals surface area (Å²) in [5, 5.41) is 4.29. The summed E-state index contributed by atoms with van der Waals surface area (Å²) in [6.45, 7) is 3.33. The maximum atomic E-state index is 6.23. The van der Waals surface area contributed by atoms with E-state index in [1.807, 2.05) is 42.5 Å². The van der Waals surface area contributed by atoms with Gasteiger partial charge in [-0.15, -0.1) is 0 Å². The van der Waals surface area contributed by atoms with Gasteiger partial charge in [0.25, 0.3) is 0 Å². The highest BCUT2D eigenvalue weighted by molar-refractivity contribution is 9.10. The van der Waals surface area contributed by atoms with Crippen molar-refractivity contribution in [3.05, 3.63) is 99.0 Å². The van der Waals surface area contributed by atoms with E-state index < -0.39 is 0 Å². The largest absolute Gasteiger partial charge is 0.489 e. The standard InChI is InChI=1S/C22H21BrClNO/c1-16(17-7-3-2-4-8-17)25-14-19-13-20(23)11-12-22(19)26-15-18-9-5-6-10-21(18)24/h2-13,16,25H,14-15H2,1H3/t16-/m1/s1. The molecule has 0 unspecified atom stereocenters. The molecule has 0 heterocycles. The molecule has 2 nitrogen and oxygen atoms in total. The second kappa shape index (κ2) is 9.22. The highest BCUT2D eigenvalue weighted by Gasteiger charge is 2.09. The van der Waals surface area contributed by atoms with E-state index in [0.717, 1.165) is 26.4 Å². The fourth-order valence-electron chi connectivity index (χ4n) is 2.72. The fraction of sp³-hybridized carbons (Fsp3) is 0.182. The molecule has 0 aliphatic rings. The van der Waals surface area contributed by atoms with Crippen LogP contribution >= 0.6 is 27.5 Å². The molecule has 0 fully saturated rings. The molecule has 0 aliphatic heterocycles. The predicted octanol–water partition coefficient (Wildman–Crippen LogP) is 6.53. The summed E-state index contributed by atoms with van der Waals surface area (Å²) >= 11 is 9.78. The number of ether oxygens (including phenoxy) is 1. The molecule has 134 valence electrons. The Hall–Kier alpha value is -1.81. The van der Waals surface area contributed by atoms with Crippen molar-refractivity contribution in [2.24, 2.45) is 0 Å². The van der Waals surface area contributed by atoms with Crippen LogP contribution in [0.4, 0.5) is 0 Å². The second-order valence-electron chi connectivity index (χ2n) is 6.15. The molecule has 0 saturated heterocycles. The SMILES string of the molecule is C[C@@H](NCc1cc(Br)ccc1OCc1ccccc1Cl)c1ccccc1. The lowest BCUT2D eigenvalue weighted by Crippen LogP contribution is -2.18. The molecule has 4 heteroatoms. The topological polar surface area (TPSA) is 21.3 Å². The lowest BCUT2D eigenvalue weighted by molar-refractivity contribution is 0.301. The van der Waals surface area contributed by atoms with Crippen LogP contribution < -0.4 is 10.1 Å². The second-order valence-corrected chi connectivity index (χ2v) is 7.47. The third kappa shape index (κ3) is 5.10. The molecular formula is C22H21BrClNO. The molecule has 0 saturated carbocycles. The molecule has 3 aromatic carbocycles. The van der Waals surface area contributed by atoms with Gasteiger partial charge in [-0.3, -0.25) is 0 Å². The Morgan fingerprint density at radius 3 is 2.46 bits per heavy atom. The van der Waals surface area contributed by atoms with E-state index in [0.29, 0.717) is 13.2 Å². The van der Waals surface area contributed by atoms with Crippen LogP contribution in [-0.2, 0) is 13.2 Å². The van der Waals surface area contributed by atoms with E-state index in [-0.39, 0.29) is 6.04 Å². The van der Waals surface area contributed by atoms with Gasteiger partial charge >= 0.3 is 0 Å². The molecule has 0 amide bonds. The van der Waals surface area contributed by atoms with Crippen LogP contribution in [-0.4, -0.2) is 0 Å². The van der Waals surface area contributed by atoms with Crippen LogP contribution in [0.25, 0.3) is 0 Å². The van der Waals surface area contributed by atoms with E-state index in [1.54, 1.807) is 0 Å². The van der Waals surface area contributed by atoms with Gasteiger partial charge in [0.2, 0.25) is 0 Å². The number of hydrogen-bond donors (Lipinski definition) is 1. The maximum absolute atomic E-state index is 6.23. The molecule has 0 aromatic heterocycles. The lowest BCUT2D eigenvalue weighted by Gasteiger charge is -2.17. The minimum atomic E-state index is 0.256. The van der Waals surface area contributed by atoms with Crippen LogP contribution in [0.15, 0.2) is 77.3 Å². The average molecular weight is 431 g/mol. The molecule has 1 atom stereocenters. The van der Waals surface area contributed by atoms with E-state index in [2.05, 4.69) is 58.5 Å². The van der Waals surface area contributed by atoms with Gasteiger partial charge in [-0.1, -0.05) is 76.1 Å². The summed E-state index contributed by atoms with van der Waals surface area (Å²) in [4.78, 5) is 0. The van der Waals surface area contributed by atoms with Gasteiger partial charge in [0.05, 0.1) is 0 Å². The first-order valence-electron chi connectivity index (χ1n) is 8.56. The number of benzene rings is 3. The third-order valence-corrected chi connectivity index (χ3v) is 5.12. The monoisotopic (exact) mass is 429 g/mol. The molecule has 3 aromatic rings. The summed E-state index contributed by atoms with van der Waals surface area (Å²) in [5.74, 6) is 0.862. The van der Waals surface area contributed by atoms with Gasteiger partial charge in [-0.05, 0) is 36.8 Å². The smallest absolute Gasteiger partial charge is 0.124 e. The van der Waals surface area contributed by atoms with E-state index >= 15 is 0 Å². The van der Waals surface area contributed by atoms with Crippen molar-refractivity contribution in [1.82, 2.24) is 5.32 Å². The van der Waals surface area contributed by atoms with E-state index in [4.69, 9.17) is 16.3 Å². The normalized spacial score (nSPS) is 12.0. The number of halogens is 2. The van der Waals surface area contributed by atoms with Crippen molar-refractivity contribution < 1.29 is 4.74 Å². The van der Waals surface area contributed by atoms with Crippen LogP contribution in [0.2, 0.25) is 5.02 Å². The van der Waals surface area contributed by atoms with E-state index in [1.165, 1.54) is 5.56 Å². The number of hydrogen-bond acceptors (Lipinski definition) is 2. The number of nitrogens with one attached hydrogen (secondary N) is 1. The van der Waals surface area contributed by atoms with Crippen molar-refractivity contribution in [2.45, 2.75) is 26.1 Å². The Kier molecular flexibility index (Phi) is 6.73. The first-order chi connectivity index (χ1) is 12.6. The molecule has 26 heavy (non-hydrogen) atoms. The van der Waals surface area contributed by atoms with Crippen LogP contribution in [0, 0.1) is 0 Å². The van der Waals surface area contributed by atoms with Crippen LogP contribution in [0.3, 0.4) is 0 Å². The summed E-state index contributed by atoms with van der Waals surface area (Å²) in [6, 6.07) is 24.5. The quantitative estimate of drug-likeness (QED) is 0.460. The van der Waals surface area contributed by atoms with E-state index in [9.17, 15) is 0 Å². The van der Waals surface area contributed by atoms with Crippen molar-refractivity contribution in [2.75, 3.05) is 0 Å². The minimum absolute atomic E-state index is 0.256. The molecule has 0 aliphatic carbocycles. The van der Waals surface area contributed by atoms with Crippen molar-refractivity contribution in [1.29, 1.82) is 0 Å². The Labute approximate surface area is 168 Å². The molecule has 0 radical (unpaired) electrons. The van der Waals surface area contributed by atoms with Gasteiger partial charge in [-0.25, -0.2) is 0 Å². The molecule has 0 bridgehead atoms. The predicted molar refractivity (Wildman–Crippen MR) is 112 cm³/mol. The molecule has 1 N–H and O–H groups in total. The first kappa shape index (κ1) is 19.0. The Morgan fingerprint density at radius 2 is 1.69 bits per heavy atom. The summed E-state index contributed by atoms with van der Waals surface area (Å²) in [7, 11) is 0.